The Bertz CT molecular complexity index is 1140. The van der Waals surface area contributed by atoms with Crippen molar-refractivity contribution in [1.29, 1.82) is 0 Å². The topological polar surface area (TPSA) is 158 Å². The van der Waals surface area contributed by atoms with Gasteiger partial charge >= 0.3 is 35.8 Å². The summed E-state index contributed by atoms with van der Waals surface area (Å²) in [4.78, 5) is 73.0. The van der Waals surface area contributed by atoms with E-state index in [1.807, 2.05) is 13.8 Å². The lowest BCUT2D eigenvalue weighted by molar-refractivity contribution is -0.161. The Labute approximate surface area is 323 Å². The SMILES string of the molecule is C=C(C)C(=O)OCC(CC)(COC(=O)CCCCCCCCCCCCC(=O)OCC(CC)(COC(=O)C(=C)C)COC(=O)C(=C)C)COC(=O)C(=C)C. The van der Waals surface area contributed by atoms with Crippen LogP contribution in [-0.4, -0.2) is 75.5 Å². The first kappa shape index (κ1) is 49.8. The van der Waals surface area contributed by atoms with Gasteiger partial charge in [-0.25, -0.2) is 19.2 Å². The van der Waals surface area contributed by atoms with Crippen LogP contribution in [0.15, 0.2) is 48.6 Å². The van der Waals surface area contributed by atoms with Gasteiger partial charge in [0.15, 0.2) is 0 Å². The summed E-state index contributed by atoms with van der Waals surface area (Å²) in [6.45, 7) is 23.7. The summed E-state index contributed by atoms with van der Waals surface area (Å²) >= 11 is 0. The van der Waals surface area contributed by atoms with Crippen LogP contribution in [0.3, 0.4) is 0 Å². The van der Waals surface area contributed by atoms with Crippen molar-refractivity contribution in [2.24, 2.45) is 10.8 Å². The van der Waals surface area contributed by atoms with Crippen molar-refractivity contribution < 1.29 is 57.2 Å². The van der Waals surface area contributed by atoms with Crippen LogP contribution < -0.4 is 0 Å². The molecular formula is C42H66O12. The average molecular weight is 763 g/mol. The highest BCUT2D eigenvalue weighted by molar-refractivity contribution is 5.88. The highest BCUT2D eigenvalue weighted by Gasteiger charge is 2.35. The molecule has 0 unspecified atom stereocenters. The monoisotopic (exact) mass is 762 g/mol. The van der Waals surface area contributed by atoms with Gasteiger partial charge in [0.1, 0.15) is 39.6 Å². The third-order valence-electron chi connectivity index (χ3n) is 9.02. The first-order chi connectivity index (χ1) is 25.4. The zero-order valence-corrected chi connectivity index (χ0v) is 33.9. The van der Waals surface area contributed by atoms with Gasteiger partial charge in [-0.1, -0.05) is 91.5 Å². The Morgan fingerprint density at radius 1 is 0.370 bits per heavy atom. The van der Waals surface area contributed by atoms with Gasteiger partial charge in [-0.05, 0) is 53.4 Å². The van der Waals surface area contributed by atoms with Crippen molar-refractivity contribution in [3.63, 3.8) is 0 Å². The van der Waals surface area contributed by atoms with Gasteiger partial charge in [0.2, 0.25) is 0 Å². The van der Waals surface area contributed by atoms with Crippen LogP contribution in [0.4, 0.5) is 0 Å². The van der Waals surface area contributed by atoms with Gasteiger partial charge in [-0.3, -0.25) is 9.59 Å². The van der Waals surface area contributed by atoms with Crippen LogP contribution in [0, 0.1) is 10.8 Å². The molecule has 0 saturated carbocycles. The Morgan fingerprint density at radius 2 is 0.574 bits per heavy atom. The van der Waals surface area contributed by atoms with E-state index >= 15 is 0 Å². The lowest BCUT2D eigenvalue weighted by Gasteiger charge is -2.31. The van der Waals surface area contributed by atoms with E-state index in [-0.39, 0.29) is 86.7 Å². The molecule has 0 heterocycles. The van der Waals surface area contributed by atoms with Gasteiger partial charge in [0.25, 0.3) is 0 Å². The smallest absolute Gasteiger partial charge is 0.333 e. The minimum absolute atomic E-state index is 0.0560. The quantitative estimate of drug-likeness (QED) is 0.0290. The largest absolute Gasteiger partial charge is 0.465 e. The van der Waals surface area contributed by atoms with Gasteiger partial charge < -0.3 is 28.4 Å². The second-order valence-electron chi connectivity index (χ2n) is 14.5. The molecule has 0 aliphatic carbocycles. The molecular weight excluding hydrogens is 696 g/mol. The van der Waals surface area contributed by atoms with E-state index in [0.717, 1.165) is 51.4 Å². The molecule has 0 fully saturated rings. The van der Waals surface area contributed by atoms with Gasteiger partial charge in [-0.2, -0.15) is 0 Å². The summed E-state index contributed by atoms with van der Waals surface area (Å²) in [7, 11) is 0. The molecule has 0 atom stereocenters. The molecule has 0 amide bonds. The number of ether oxygens (including phenoxy) is 6. The second-order valence-corrected chi connectivity index (χ2v) is 14.5. The third-order valence-corrected chi connectivity index (χ3v) is 9.02. The maximum absolute atomic E-state index is 12.5. The third kappa shape index (κ3) is 22.1. The van der Waals surface area contributed by atoms with Crippen molar-refractivity contribution in [2.75, 3.05) is 39.6 Å². The molecule has 0 radical (unpaired) electrons. The lowest BCUT2D eigenvalue weighted by Crippen LogP contribution is -2.39. The summed E-state index contributed by atoms with van der Waals surface area (Å²) in [5.41, 5.74) is -0.810. The zero-order valence-electron chi connectivity index (χ0n) is 33.9. The molecule has 0 bridgehead atoms. The number of rotatable bonds is 31. The van der Waals surface area contributed by atoms with Crippen LogP contribution >= 0.6 is 0 Å². The predicted octanol–water partition coefficient (Wildman–Crippen LogP) is 8.02. The number of esters is 6. The number of carbonyl (C=O) groups is 6. The summed E-state index contributed by atoms with van der Waals surface area (Å²) in [6.07, 6.45) is 10.9. The highest BCUT2D eigenvalue weighted by Crippen LogP contribution is 2.27. The van der Waals surface area contributed by atoms with E-state index in [1.54, 1.807) is 0 Å². The molecule has 306 valence electrons. The van der Waals surface area contributed by atoms with Crippen molar-refractivity contribution in [3.05, 3.63) is 48.6 Å². The Kier molecular flexibility index (Phi) is 25.2. The van der Waals surface area contributed by atoms with Gasteiger partial charge in [-0.15, -0.1) is 0 Å². The molecule has 0 aliphatic rings. The Balaban J connectivity index is 4.39. The Morgan fingerprint density at radius 3 is 0.778 bits per heavy atom. The summed E-state index contributed by atoms with van der Waals surface area (Å²) in [5, 5.41) is 0. The highest BCUT2D eigenvalue weighted by atomic mass is 16.6. The predicted molar refractivity (Wildman–Crippen MR) is 206 cm³/mol. The molecule has 0 saturated heterocycles. The van der Waals surface area contributed by atoms with E-state index in [2.05, 4.69) is 26.3 Å². The lowest BCUT2D eigenvalue weighted by atomic mass is 9.88. The fraction of sp³-hybridized carbons (Fsp3) is 0.667. The fourth-order valence-electron chi connectivity index (χ4n) is 4.79. The number of carbonyl (C=O) groups excluding carboxylic acids is 6. The minimum atomic E-state index is -0.884. The van der Waals surface area contributed by atoms with E-state index in [4.69, 9.17) is 28.4 Å². The molecule has 0 aromatic heterocycles. The number of hydrogen-bond donors (Lipinski definition) is 0. The first-order valence-electron chi connectivity index (χ1n) is 19.0. The normalized spacial score (nSPS) is 11.1. The van der Waals surface area contributed by atoms with Crippen molar-refractivity contribution >= 4 is 35.8 Å². The molecule has 0 aliphatic heterocycles. The van der Waals surface area contributed by atoms with Crippen molar-refractivity contribution in [3.8, 4) is 0 Å². The number of unbranched alkanes of at least 4 members (excludes halogenated alkanes) is 9. The zero-order chi connectivity index (χ0) is 41.2. The van der Waals surface area contributed by atoms with Crippen LogP contribution in [0.2, 0.25) is 0 Å². The molecule has 0 spiro atoms. The maximum Gasteiger partial charge on any atom is 0.333 e. The standard InChI is InChI=1S/C42H66O12/c1-11-41(27-51-37(45)31(3)4,28-52-38(46)32(5)6)25-49-35(43)23-21-19-17-15-13-14-16-18-20-22-24-36(44)50-26-42(12-2,29-53-39(47)33(7)8)30-54-40(48)34(9)10/h3,5,7,9,11-30H2,1-2,4,6,8,10H3. The fourth-order valence-corrected chi connectivity index (χ4v) is 4.79. The van der Waals surface area contributed by atoms with E-state index < -0.39 is 34.7 Å². The second kappa shape index (κ2) is 27.4. The van der Waals surface area contributed by atoms with Gasteiger partial charge in [0.05, 0.1) is 10.8 Å². The molecule has 12 heteroatoms. The molecule has 0 N–H and O–H groups in total. The van der Waals surface area contributed by atoms with Crippen molar-refractivity contribution in [1.82, 2.24) is 0 Å². The van der Waals surface area contributed by atoms with E-state index in [0.29, 0.717) is 25.7 Å². The average Bonchev–Trinajstić information content (AvgIpc) is 3.14. The van der Waals surface area contributed by atoms with Gasteiger partial charge in [0, 0.05) is 35.1 Å². The minimum Gasteiger partial charge on any atom is -0.465 e. The van der Waals surface area contributed by atoms with Crippen LogP contribution in [0.25, 0.3) is 0 Å². The first-order valence-corrected chi connectivity index (χ1v) is 19.0. The molecule has 0 rings (SSSR count). The van der Waals surface area contributed by atoms with Crippen LogP contribution in [0.5, 0.6) is 0 Å². The molecule has 0 aromatic rings. The molecule has 0 aromatic carbocycles. The van der Waals surface area contributed by atoms with E-state index in [1.165, 1.54) is 27.7 Å². The summed E-state index contributed by atoms with van der Waals surface area (Å²) in [6, 6.07) is 0. The van der Waals surface area contributed by atoms with Crippen LogP contribution in [-0.2, 0) is 57.2 Å². The van der Waals surface area contributed by atoms with E-state index in [9.17, 15) is 28.8 Å². The number of hydrogen-bond acceptors (Lipinski definition) is 12. The summed E-state index contributed by atoms with van der Waals surface area (Å²) < 4.78 is 32.4. The molecule has 54 heavy (non-hydrogen) atoms. The summed E-state index contributed by atoms with van der Waals surface area (Å²) in [5.74, 6) is -2.99. The molecule has 12 nitrogen and oxygen atoms in total. The van der Waals surface area contributed by atoms with Crippen molar-refractivity contribution in [2.45, 2.75) is 131 Å². The Hall–Kier alpha value is -4.22. The van der Waals surface area contributed by atoms with Crippen LogP contribution in [0.1, 0.15) is 131 Å². The maximum atomic E-state index is 12.5.